The molecular formula is C17H27NO2. The molecule has 20 heavy (non-hydrogen) atoms. The van der Waals surface area contributed by atoms with Gasteiger partial charge in [-0.25, -0.2) is 0 Å². The van der Waals surface area contributed by atoms with E-state index in [0.29, 0.717) is 12.6 Å². The van der Waals surface area contributed by atoms with E-state index in [-0.39, 0.29) is 5.60 Å². The van der Waals surface area contributed by atoms with Gasteiger partial charge in [-0.3, -0.25) is 0 Å². The third-order valence-electron chi connectivity index (χ3n) is 4.19. The van der Waals surface area contributed by atoms with Crippen LogP contribution in [0.4, 0.5) is 0 Å². The Kier molecular flexibility index (Phi) is 5.06. The van der Waals surface area contributed by atoms with Crippen molar-refractivity contribution in [3.63, 3.8) is 0 Å². The largest absolute Gasteiger partial charge is 0.493 e. The second kappa shape index (κ2) is 6.59. The first-order chi connectivity index (χ1) is 9.57. The van der Waals surface area contributed by atoms with E-state index >= 15 is 0 Å². The Bertz CT molecular complexity index is 443. The molecule has 3 heteroatoms. The molecule has 0 bridgehead atoms. The molecule has 1 unspecified atom stereocenters. The first-order valence-corrected chi connectivity index (χ1v) is 7.60. The molecule has 0 spiro atoms. The van der Waals surface area contributed by atoms with E-state index in [4.69, 9.17) is 9.47 Å². The van der Waals surface area contributed by atoms with Gasteiger partial charge in [0.05, 0.1) is 12.2 Å². The van der Waals surface area contributed by atoms with Crippen molar-refractivity contribution in [3.8, 4) is 5.75 Å². The number of hydrogen-bond acceptors (Lipinski definition) is 3. The number of benzene rings is 1. The molecule has 1 aliphatic rings. The van der Waals surface area contributed by atoms with Crippen LogP contribution in [-0.2, 0) is 11.2 Å². The van der Waals surface area contributed by atoms with Gasteiger partial charge in [-0.05, 0) is 50.4 Å². The van der Waals surface area contributed by atoms with Crippen LogP contribution in [0, 0.1) is 0 Å². The Morgan fingerprint density at radius 2 is 2.15 bits per heavy atom. The minimum absolute atomic E-state index is 0.121. The molecular weight excluding hydrogens is 250 g/mol. The van der Waals surface area contributed by atoms with E-state index < -0.39 is 0 Å². The highest BCUT2D eigenvalue weighted by Crippen LogP contribution is 2.37. The topological polar surface area (TPSA) is 30.5 Å². The standard InChI is InChI=1S/C17H27NO2/c1-5-18-15-10-9-14-13(15)7-6-8-16(14)20-12-11-17(2,3)19-4/h6-8,15,18H,5,9-12H2,1-4H3. The average molecular weight is 277 g/mol. The van der Waals surface area contributed by atoms with Crippen molar-refractivity contribution in [2.24, 2.45) is 0 Å². The van der Waals surface area contributed by atoms with Crippen LogP contribution in [0.5, 0.6) is 5.75 Å². The molecule has 0 saturated heterocycles. The fraction of sp³-hybridized carbons (Fsp3) is 0.647. The van der Waals surface area contributed by atoms with Crippen molar-refractivity contribution >= 4 is 0 Å². The van der Waals surface area contributed by atoms with Crippen molar-refractivity contribution < 1.29 is 9.47 Å². The number of fused-ring (bicyclic) bond motifs is 1. The normalized spacial score (nSPS) is 18.1. The quantitative estimate of drug-likeness (QED) is 0.827. The lowest BCUT2D eigenvalue weighted by atomic mass is 10.1. The second-order valence-corrected chi connectivity index (χ2v) is 6.04. The molecule has 0 radical (unpaired) electrons. The zero-order valence-corrected chi connectivity index (χ0v) is 13.2. The van der Waals surface area contributed by atoms with Crippen LogP contribution < -0.4 is 10.1 Å². The Morgan fingerprint density at radius 1 is 1.35 bits per heavy atom. The molecule has 112 valence electrons. The molecule has 0 aliphatic heterocycles. The molecule has 1 aromatic carbocycles. The fourth-order valence-electron chi connectivity index (χ4n) is 2.72. The zero-order valence-electron chi connectivity index (χ0n) is 13.2. The lowest BCUT2D eigenvalue weighted by Crippen LogP contribution is -2.25. The number of ether oxygens (including phenoxy) is 2. The van der Waals surface area contributed by atoms with Crippen molar-refractivity contribution in [3.05, 3.63) is 29.3 Å². The van der Waals surface area contributed by atoms with Gasteiger partial charge in [0.25, 0.3) is 0 Å². The first kappa shape index (κ1) is 15.3. The molecule has 0 aromatic heterocycles. The van der Waals surface area contributed by atoms with Gasteiger partial charge >= 0.3 is 0 Å². The summed E-state index contributed by atoms with van der Waals surface area (Å²) < 4.78 is 11.4. The van der Waals surface area contributed by atoms with Crippen molar-refractivity contribution in [2.45, 2.75) is 51.7 Å². The summed E-state index contributed by atoms with van der Waals surface area (Å²) in [6.07, 6.45) is 3.17. The predicted molar refractivity (Wildman–Crippen MR) is 82.4 cm³/mol. The van der Waals surface area contributed by atoms with Crippen molar-refractivity contribution in [1.29, 1.82) is 0 Å². The number of rotatable bonds is 7. The van der Waals surface area contributed by atoms with Crippen LogP contribution in [0.2, 0.25) is 0 Å². The Morgan fingerprint density at radius 3 is 2.85 bits per heavy atom. The van der Waals surface area contributed by atoms with Gasteiger partial charge in [0, 0.05) is 19.6 Å². The van der Waals surface area contributed by atoms with E-state index in [0.717, 1.165) is 25.1 Å². The van der Waals surface area contributed by atoms with Gasteiger partial charge in [0.1, 0.15) is 5.75 Å². The van der Waals surface area contributed by atoms with E-state index in [9.17, 15) is 0 Å². The lowest BCUT2D eigenvalue weighted by Gasteiger charge is -2.23. The minimum atomic E-state index is -0.121. The van der Waals surface area contributed by atoms with E-state index in [1.54, 1.807) is 7.11 Å². The Balaban J connectivity index is 2.00. The molecule has 0 heterocycles. The summed E-state index contributed by atoms with van der Waals surface area (Å²) in [5, 5.41) is 3.54. The highest BCUT2D eigenvalue weighted by atomic mass is 16.5. The van der Waals surface area contributed by atoms with E-state index in [2.05, 4.69) is 44.3 Å². The maximum atomic E-state index is 6.01. The van der Waals surface area contributed by atoms with Gasteiger partial charge in [-0.2, -0.15) is 0 Å². The third-order valence-corrected chi connectivity index (χ3v) is 4.19. The second-order valence-electron chi connectivity index (χ2n) is 6.04. The summed E-state index contributed by atoms with van der Waals surface area (Å²) >= 11 is 0. The van der Waals surface area contributed by atoms with Crippen LogP contribution in [0.15, 0.2) is 18.2 Å². The number of nitrogens with one attached hydrogen (secondary N) is 1. The first-order valence-electron chi connectivity index (χ1n) is 7.60. The fourth-order valence-corrected chi connectivity index (χ4v) is 2.72. The molecule has 1 aromatic rings. The van der Waals surface area contributed by atoms with Crippen LogP contribution >= 0.6 is 0 Å². The minimum Gasteiger partial charge on any atom is -0.493 e. The maximum Gasteiger partial charge on any atom is 0.122 e. The number of methoxy groups -OCH3 is 1. The van der Waals surface area contributed by atoms with Crippen molar-refractivity contribution in [2.75, 3.05) is 20.3 Å². The molecule has 1 aliphatic carbocycles. The average Bonchev–Trinajstić information content (AvgIpc) is 2.84. The summed E-state index contributed by atoms with van der Waals surface area (Å²) in [5.41, 5.74) is 2.67. The molecule has 1 N–H and O–H groups in total. The maximum absolute atomic E-state index is 6.01. The van der Waals surface area contributed by atoms with Crippen LogP contribution in [0.1, 0.15) is 50.8 Å². The molecule has 1 atom stereocenters. The van der Waals surface area contributed by atoms with Gasteiger partial charge < -0.3 is 14.8 Å². The van der Waals surface area contributed by atoms with Crippen molar-refractivity contribution in [1.82, 2.24) is 5.32 Å². The zero-order chi connectivity index (χ0) is 14.6. The monoisotopic (exact) mass is 277 g/mol. The van der Waals surface area contributed by atoms with Gasteiger partial charge in [-0.15, -0.1) is 0 Å². The van der Waals surface area contributed by atoms with E-state index in [1.165, 1.54) is 17.5 Å². The summed E-state index contributed by atoms with van der Waals surface area (Å²) in [6, 6.07) is 6.91. The Labute approximate surface area is 122 Å². The van der Waals surface area contributed by atoms with Gasteiger partial charge in [-0.1, -0.05) is 19.1 Å². The van der Waals surface area contributed by atoms with Gasteiger partial charge in [0.2, 0.25) is 0 Å². The molecule has 2 rings (SSSR count). The molecule has 0 fully saturated rings. The summed E-state index contributed by atoms with van der Waals surface area (Å²) in [4.78, 5) is 0. The SMILES string of the molecule is CCNC1CCc2c(OCCC(C)(C)OC)cccc21. The summed E-state index contributed by atoms with van der Waals surface area (Å²) in [5.74, 6) is 1.05. The molecule has 0 saturated carbocycles. The van der Waals surface area contributed by atoms with E-state index in [1.807, 2.05) is 0 Å². The van der Waals surface area contributed by atoms with Crippen LogP contribution in [0.3, 0.4) is 0 Å². The number of hydrogen-bond donors (Lipinski definition) is 1. The smallest absolute Gasteiger partial charge is 0.122 e. The summed E-state index contributed by atoms with van der Waals surface area (Å²) in [7, 11) is 1.75. The molecule has 3 nitrogen and oxygen atoms in total. The Hall–Kier alpha value is -1.06. The highest BCUT2D eigenvalue weighted by Gasteiger charge is 2.24. The third kappa shape index (κ3) is 3.53. The molecule has 0 amide bonds. The predicted octanol–water partition coefficient (Wildman–Crippen LogP) is 3.48. The van der Waals surface area contributed by atoms with Crippen LogP contribution in [-0.4, -0.2) is 25.9 Å². The van der Waals surface area contributed by atoms with Crippen LogP contribution in [0.25, 0.3) is 0 Å². The lowest BCUT2D eigenvalue weighted by molar-refractivity contribution is 0.00538. The summed E-state index contributed by atoms with van der Waals surface area (Å²) in [6.45, 7) is 8.05. The highest BCUT2D eigenvalue weighted by molar-refractivity contribution is 5.45. The van der Waals surface area contributed by atoms with Gasteiger partial charge in [0.15, 0.2) is 0 Å².